The summed E-state index contributed by atoms with van der Waals surface area (Å²) in [6.45, 7) is 1.84. The molecule has 0 unspecified atom stereocenters. The zero-order chi connectivity index (χ0) is 33.9. The molecule has 11 nitrogen and oxygen atoms in total. The lowest BCUT2D eigenvalue weighted by Gasteiger charge is -2.34. The van der Waals surface area contributed by atoms with Gasteiger partial charge in [-0.05, 0) is 97.0 Å². The van der Waals surface area contributed by atoms with E-state index in [0.717, 1.165) is 17.2 Å². The minimum Gasteiger partial charge on any atom is -0.459 e. The van der Waals surface area contributed by atoms with Crippen LogP contribution in [0.4, 0.5) is 10.1 Å². The molecule has 1 atom stereocenters. The van der Waals surface area contributed by atoms with Gasteiger partial charge >= 0.3 is 5.97 Å². The zero-order valence-electron chi connectivity index (χ0n) is 26.2. The Morgan fingerprint density at radius 3 is 2.52 bits per heavy atom. The quantitative estimate of drug-likeness (QED) is 0.275. The summed E-state index contributed by atoms with van der Waals surface area (Å²) in [5.41, 5.74) is 3.31. The van der Waals surface area contributed by atoms with Crippen LogP contribution < -0.4 is 10.2 Å². The SMILES string of the molecule is C[C@@H]1C(=O)N(C)c2cc(-c3ccncc3)ccc2C(=O)N1Cc1cc(F)cc(C(=O)NC[C@H]2C[C@@H](OC(=O)c3ccnc(C#N)c3)C2)c1. The van der Waals surface area contributed by atoms with Gasteiger partial charge in [-0.15, -0.1) is 0 Å². The molecule has 0 bridgehead atoms. The maximum absolute atomic E-state index is 14.8. The Balaban J connectivity index is 1.09. The number of nitrogens with one attached hydrogen (secondary N) is 1. The number of nitrogens with zero attached hydrogens (tertiary/aromatic N) is 5. The van der Waals surface area contributed by atoms with Crippen molar-refractivity contribution in [3.63, 3.8) is 0 Å². The largest absolute Gasteiger partial charge is 0.459 e. The van der Waals surface area contributed by atoms with Gasteiger partial charge in [0.15, 0.2) is 0 Å². The third kappa shape index (κ3) is 6.62. The fourth-order valence-electron chi connectivity index (χ4n) is 5.97. The number of fused-ring (bicyclic) bond motifs is 1. The van der Waals surface area contributed by atoms with E-state index in [0.29, 0.717) is 36.2 Å². The monoisotopic (exact) mass is 646 g/mol. The number of amides is 3. The number of pyridine rings is 2. The summed E-state index contributed by atoms with van der Waals surface area (Å²) in [5.74, 6) is -2.31. The number of esters is 1. The number of benzene rings is 2. The number of halogens is 1. The minimum atomic E-state index is -0.854. The average Bonchev–Trinajstić information content (AvgIpc) is 3.15. The Bertz CT molecular complexity index is 1960. The summed E-state index contributed by atoms with van der Waals surface area (Å²) in [6.07, 6.45) is 5.47. The van der Waals surface area contributed by atoms with Gasteiger partial charge in [-0.2, -0.15) is 5.26 Å². The van der Waals surface area contributed by atoms with Gasteiger partial charge < -0.3 is 19.9 Å². The van der Waals surface area contributed by atoms with Gasteiger partial charge in [-0.25, -0.2) is 14.2 Å². The van der Waals surface area contributed by atoms with Gasteiger partial charge in [-0.1, -0.05) is 6.07 Å². The predicted molar refractivity (Wildman–Crippen MR) is 172 cm³/mol. The number of aromatic nitrogens is 2. The third-order valence-corrected chi connectivity index (χ3v) is 8.72. The van der Waals surface area contributed by atoms with Crippen LogP contribution in [0.15, 0.2) is 79.3 Å². The molecule has 1 N–H and O–H groups in total. The van der Waals surface area contributed by atoms with Crippen molar-refractivity contribution in [2.45, 2.75) is 38.5 Å². The predicted octanol–water partition coefficient (Wildman–Crippen LogP) is 4.53. The first-order valence-electron chi connectivity index (χ1n) is 15.4. The highest BCUT2D eigenvalue weighted by atomic mass is 19.1. The molecule has 2 aromatic carbocycles. The van der Waals surface area contributed by atoms with Crippen molar-refractivity contribution in [1.29, 1.82) is 5.26 Å². The van der Waals surface area contributed by atoms with E-state index in [2.05, 4.69) is 15.3 Å². The zero-order valence-corrected chi connectivity index (χ0v) is 26.2. The number of likely N-dealkylation sites (N-methyl/N-ethyl adjacent to an activating group) is 1. The first-order valence-corrected chi connectivity index (χ1v) is 15.4. The molecule has 12 heteroatoms. The molecule has 48 heavy (non-hydrogen) atoms. The Kier molecular flexibility index (Phi) is 8.94. The minimum absolute atomic E-state index is 0.0598. The van der Waals surface area contributed by atoms with Gasteiger partial charge in [0.1, 0.15) is 29.7 Å². The average molecular weight is 647 g/mol. The number of nitriles is 1. The molecule has 1 fully saturated rings. The van der Waals surface area contributed by atoms with Crippen molar-refractivity contribution in [2.75, 3.05) is 18.5 Å². The topological polar surface area (TPSA) is 146 Å². The summed E-state index contributed by atoms with van der Waals surface area (Å²) in [5, 5.41) is 11.8. The first-order chi connectivity index (χ1) is 23.1. The molecule has 2 aromatic heterocycles. The Hall–Kier alpha value is -5.96. The molecule has 0 spiro atoms. The molecule has 2 aliphatic rings. The lowest BCUT2D eigenvalue weighted by molar-refractivity contribution is -0.122. The van der Waals surface area contributed by atoms with Crippen molar-refractivity contribution < 1.29 is 28.3 Å². The van der Waals surface area contributed by atoms with Gasteiger partial charge in [0.2, 0.25) is 5.91 Å². The molecular formula is C36H31FN6O5. The van der Waals surface area contributed by atoms with E-state index < -0.39 is 23.7 Å². The molecule has 3 amide bonds. The van der Waals surface area contributed by atoms with Crippen molar-refractivity contribution in [3.8, 4) is 17.2 Å². The first kappa shape index (κ1) is 32.0. The van der Waals surface area contributed by atoms with E-state index in [9.17, 15) is 23.6 Å². The Labute approximate surface area is 276 Å². The van der Waals surface area contributed by atoms with Crippen LogP contribution in [-0.4, -0.2) is 64.3 Å². The molecule has 0 radical (unpaired) electrons. The second-order valence-electron chi connectivity index (χ2n) is 11.9. The van der Waals surface area contributed by atoms with Crippen LogP contribution in [0.5, 0.6) is 0 Å². The van der Waals surface area contributed by atoms with Crippen LogP contribution in [0.1, 0.15) is 62.1 Å². The highest BCUT2D eigenvalue weighted by molar-refractivity contribution is 6.11. The molecule has 4 aromatic rings. The normalized spacial score (nSPS) is 18.7. The summed E-state index contributed by atoms with van der Waals surface area (Å²) in [4.78, 5) is 63.4. The van der Waals surface area contributed by atoms with Crippen LogP contribution in [0.25, 0.3) is 11.1 Å². The Morgan fingerprint density at radius 1 is 1.00 bits per heavy atom. The van der Waals surface area contributed by atoms with Gasteiger partial charge in [-0.3, -0.25) is 19.4 Å². The third-order valence-electron chi connectivity index (χ3n) is 8.72. The van der Waals surface area contributed by atoms with Gasteiger partial charge in [0.25, 0.3) is 11.8 Å². The van der Waals surface area contributed by atoms with E-state index in [1.54, 1.807) is 38.5 Å². The van der Waals surface area contributed by atoms with E-state index in [-0.39, 0.29) is 47.2 Å². The van der Waals surface area contributed by atoms with Crippen LogP contribution in [0.2, 0.25) is 0 Å². The molecule has 6 rings (SSSR count). The molecule has 3 heterocycles. The number of carbonyl (C=O) groups is 4. The van der Waals surface area contributed by atoms with Gasteiger partial charge in [0, 0.05) is 44.3 Å². The standard InChI is InChI=1S/C36H31FN6O5/c1-21-34(45)42(2)32-17-25(24-5-8-39-9-6-24)3-4-31(32)35(46)43(21)20-23-11-27(15-28(37)12-23)33(44)41-19-22-13-30(14-22)48-36(47)26-7-10-40-29(16-26)18-38/h3-12,15-17,21-22,30H,13-14,19-20H2,1-2H3,(H,41,44)/t21-,22-,30+/m1/s1. The maximum Gasteiger partial charge on any atom is 0.338 e. The van der Waals surface area contributed by atoms with Crippen LogP contribution in [-0.2, 0) is 16.1 Å². The van der Waals surface area contributed by atoms with E-state index >= 15 is 0 Å². The molecule has 1 aliphatic heterocycles. The number of anilines is 1. The summed E-state index contributed by atoms with van der Waals surface area (Å²) < 4.78 is 20.3. The van der Waals surface area contributed by atoms with Crippen LogP contribution in [0.3, 0.4) is 0 Å². The second kappa shape index (κ2) is 13.4. The summed E-state index contributed by atoms with van der Waals surface area (Å²) in [7, 11) is 1.62. The number of hydrogen-bond donors (Lipinski definition) is 1. The number of carbonyl (C=O) groups excluding carboxylic acids is 4. The highest BCUT2D eigenvalue weighted by Crippen LogP contribution is 2.33. The van der Waals surface area contributed by atoms with Crippen molar-refractivity contribution in [2.24, 2.45) is 5.92 Å². The molecule has 1 saturated carbocycles. The molecule has 242 valence electrons. The lowest BCUT2D eigenvalue weighted by atomic mass is 9.82. The number of ether oxygens (including phenoxy) is 1. The van der Waals surface area contributed by atoms with Crippen LogP contribution >= 0.6 is 0 Å². The van der Waals surface area contributed by atoms with Crippen molar-refractivity contribution in [1.82, 2.24) is 20.2 Å². The molecule has 1 aliphatic carbocycles. The van der Waals surface area contributed by atoms with Crippen molar-refractivity contribution in [3.05, 3.63) is 113 Å². The van der Waals surface area contributed by atoms with E-state index in [1.165, 1.54) is 40.3 Å². The van der Waals surface area contributed by atoms with Crippen molar-refractivity contribution >= 4 is 29.4 Å². The van der Waals surface area contributed by atoms with Crippen LogP contribution in [0, 0.1) is 23.1 Å². The fraction of sp³-hybridized carbons (Fsp3) is 0.250. The highest BCUT2D eigenvalue weighted by Gasteiger charge is 2.36. The van der Waals surface area contributed by atoms with E-state index in [4.69, 9.17) is 10.00 Å². The number of rotatable bonds is 8. The molecule has 0 saturated heterocycles. The Morgan fingerprint density at radius 2 is 1.77 bits per heavy atom. The van der Waals surface area contributed by atoms with E-state index in [1.807, 2.05) is 24.3 Å². The second-order valence-corrected chi connectivity index (χ2v) is 11.9. The lowest BCUT2D eigenvalue weighted by Crippen LogP contribution is -2.45. The molecular weight excluding hydrogens is 615 g/mol. The summed E-state index contributed by atoms with van der Waals surface area (Å²) >= 11 is 0. The smallest absolute Gasteiger partial charge is 0.338 e. The summed E-state index contributed by atoms with van der Waals surface area (Å²) in [6, 6.07) is 16.7. The van der Waals surface area contributed by atoms with Gasteiger partial charge in [0.05, 0.1) is 16.8 Å². The number of hydrogen-bond acceptors (Lipinski definition) is 8. The maximum atomic E-state index is 14.8. The fourth-order valence-corrected chi connectivity index (χ4v) is 5.97.